The van der Waals surface area contributed by atoms with E-state index < -0.39 is 0 Å². The van der Waals surface area contributed by atoms with Crippen LogP contribution in [0, 0.1) is 0 Å². The number of likely N-dealkylation sites (tertiary alicyclic amines) is 1. The van der Waals surface area contributed by atoms with Crippen LogP contribution < -0.4 is 14.9 Å². The Bertz CT molecular complexity index is 870. The molecule has 1 aromatic heterocycles. The Kier molecular flexibility index (Phi) is 5.72. The highest BCUT2D eigenvalue weighted by atomic mass is 16.5. The molecule has 1 aliphatic heterocycles. The summed E-state index contributed by atoms with van der Waals surface area (Å²) in [6, 6.07) is 12.8. The number of benzene rings is 1. The molecular weight excluding hydrogens is 364 g/mol. The molecule has 154 valence electrons. The number of nitrogens with zero attached hydrogens (tertiary/aromatic N) is 3. The third-order valence-corrected chi connectivity index (χ3v) is 6.55. The van der Waals surface area contributed by atoms with Crippen molar-refractivity contribution < 1.29 is 9.47 Å². The number of hydrogen-bond acceptors (Lipinski definition) is 6. The van der Waals surface area contributed by atoms with Crippen LogP contribution in [0.5, 0.6) is 11.5 Å². The van der Waals surface area contributed by atoms with Gasteiger partial charge in [-0.1, -0.05) is 12.1 Å². The first-order valence-corrected chi connectivity index (χ1v) is 10.3. The van der Waals surface area contributed by atoms with Gasteiger partial charge < -0.3 is 19.8 Å². The maximum atomic E-state index is 5.58. The van der Waals surface area contributed by atoms with E-state index in [1.54, 1.807) is 14.2 Å². The Morgan fingerprint density at radius 1 is 1.17 bits per heavy atom. The van der Waals surface area contributed by atoms with E-state index in [0.717, 1.165) is 49.4 Å². The van der Waals surface area contributed by atoms with Gasteiger partial charge in [0.25, 0.3) is 0 Å². The maximum Gasteiger partial charge on any atom is 0.161 e. The monoisotopic (exact) mass is 394 g/mol. The Hall–Kier alpha value is -2.60. The zero-order chi connectivity index (χ0) is 20.3. The molecule has 1 aliphatic carbocycles. The molecule has 2 heterocycles. The van der Waals surface area contributed by atoms with Crippen molar-refractivity contribution in [3.05, 3.63) is 53.9 Å². The third-order valence-electron chi connectivity index (χ3n) is 6.55. The second-order valence-corrected chi connectivity index (χ2v) is 8.01. The molecule has 2 fully saturated rings. The average molecular weight is 395 g/mol. The third kappa shape index (κ3) is 3.81. The second-order valence-electron chi connectivity index (χ2n) is 8.01. The Morgan fingerprint density at radius 2 is 2.03 bits per heavy atom. The van der Waals surface area contributed by atoms with E-state index >= 15 is 0 Å². The highest BCUT2D eigenvalue weighted by Crippen LogP contribution is 2.49. The summed E-state index contributed by atoms with van der Waals surface area (Å²) >= 11 is 0. The van der Waals surface area contributed by atoms with Gasteiger partial charge in [0.1, 0.15) is 0 Å². The first-order chi connectivity index (χ1) is 14.2. The van der Waals surface area contributed by atoms with Crippen LogP contribution in [0.15, 0.2) is 47.7 Å². The summed E-state index contributed by atoms with van der Waals surface area (Å²) in [5.41, 5.74) is 6.97. The number of likely N-dealkylation sites (N-methyl/N-ethyl adjacent to an activating group) is 1. The van der Waals surface area contributed by atoms with Crippen LogP contribution >= 0.6 is 0 Å². The number of hydrazone groups is 1. The Morgan fingerprint density at radius 3 is 2.79 bits per heavy atom. The molecule has 4 rings (SSSR count). The van der Waals surface area contributed by atoms with Gasteiger partial charge in [0.05, 0.1) is 26.5 Å². The number of fused-ring (bicyclic) bond motifs is 1. The van der Waals surface area contributed by atoms with Crippen LogP contribution in [0.25, 0.3) is 0 Å². The number of hydrogen-bond donors (Lipinski definition) is 1. The molecular formula is C23H30N4O2. The van der Waals surface area contributed by atoms with Crippen LogP contribution in [0.4, 0.5) is 0 Å². The molecule has 0 radical (unpaired) electrons. The van der Waals surface area contributed by atoms with Crippen LogP contribution in [0.1, 0.15) is 36.9 Å². The highest BCUT2D eigenvalue weighted by Gasteiger charge is 2.49. The quantitative estimate of drug-likeness (QED) is 0.762. The fourth-order valence-corrected chi connectivity index (χ4v) is 4.92. The van der Waals surface area contributed by atoms with Crippen LogP contribution in [0.2, 0.25) is 0 Å². The predicted octanol–water partition coefficient (Wildman–Crippen LogP) is 3.37. The predicted molar refractivity (Wildman–Crippen MR) is 115 cm³/mol. The number of methoxy groups -OCH3 is 2. The molecule has 6 heteroatoms. The lowest BCUT2D eigenvalue weighted by Gasteiger charge is -2.42. The van der Waals surface area contributed by atoms with Gasteiger partial charge in [0.15, 0.2) is 11.5 Å². The Labute approximate surface area is 172 Å². The number of pyridine rings is 1. The number of aromatic nitrogens is 1. The van der Waals surface area contributed by atoms with E-state index in [2.05, 4.69) is 34.5 Å². The standard InChI is InChI=1S/C23H30N4O2/c1-27-13-11-23(17-7-8-20(28-2)21(14-17)29-3)10-9-18(15-22(23)27)26-25-16-19-6-4-5-12-24-19/h4-8,12,14,22,25H,9-11,13,15-16H2,1-3H3/b26-18-. The summed E-state index contributed by atoms with van der Waals surface area (Å²) in [5, 5.41) is 4.71. The van der Waals surface area contributed by atoms with Crippen molar-refractivity contribution in [1.29, 1.82) is 0 Å². The lowest BCUT2D eigenvalue weighted by atomic mass is 9.65. The fourth-order valence-electron chi connectivity index (χ4n) is 4.92. The van der Waals surface area contributed by atoms with Gasteiger partial charge in [0.2, 0.25) is 0 Å². The fraction of sp³-hybridized carbons (Fsp3) is 0.478. The molecule has 2 aliphatic rings. The zero-order valence-electron chi connectivity index (χ0n) is 17.5. The van der Waals surface area contributed by atoms with Gasteiger partial charge in [-0.3, -0.25) is 4.98 Å². The molecule has 2 aromatic rings. The van der Waals surface area contributed by atoms with Crippen molar-refractivity contribution in [2.24, 2.45) is 5.10 Å². The molecule has 0 spiro atoms. The second kappa shape index (κ2) is 8.41. The summed E-state index contributed by atoms with van der Waals surface area (Å²) < 4.78 is 11.0. The minimum atomic E-state index is 0.147. The van der Waals surface area contributed by atoms with Gasteiger partial charge in [-0.05, 0) is 62.7 Å². The molecule has 1 N–H and O–H groups in total. The maximum absolute atomic E-state index is 5.58. The smallest absolute Gasteiger partial charge is 0.161 e. The molecule has 0 amide bonds. The van der Waals surface area contributed by atoms with Crippen molar-refractivity contribution in [1.82, 2.24) is 15.3 Å². The van der Waals surface area contributed by atoms with E-state index in [9.17, 15) is 0 Å². The van der Waals surface area contributed by atoms with Gasteiger partial charge in [0, 0.05) is 29.8 Å². The van der Waals surface area contributed by atoms with Crippen LogP contribution in [-0.2, 0) is 12.0 Å². The minimum Gasteiger partial charge on any atom is -0.493 e. The summed E-state index contributed by atoms with van der Waals surface area (Å²) in [5.74, 6) is 1.59. The van der Waals surface area contributed by atoms with Gasteiger partial charge in [-0.15, -0.1) is 0 Å². The average Bonchev–Trinajstić information content (AvgIpc) is 3.11. The van der Waals surface area contributed by atoms with E-state index in [0.29, 0.717) is 12.6 Å². The van der Waals surface area contributed by atoms with E-state index in [1.807, 2.05) is 30.5 Å². The lowest BCUT2D eigenvalue weighted by molar-refractivity contribution is 0.226. The molecule has 1 saturated heterocycles. The van der Waals surface area contributed by atoms with Crippen molar-refractivity contribution in [2.45, 2.75) is 43.7 Å². The number of ether oxygens (including phenoxy) is 2. The summed E-state index contributed by atoms with van der Waals surface area (Å²) in [6.07, 6.45) is 6.07. The molecule has 29 heavy (non-hydrogen) atoms. The normalized spacial score (nSPS) is 25.6. The van der Waals surface area contributed by atoms with Gasteiger partial charge in [-0.2, -0.15) is 5.10 Å². The number of nitrogens with one attached hydrogen (secondary N) is 1. The number of rotatable bonds is 6. The summed E-state index contributed by atoms with van der Waals surface area (Å²) in [6.45, 7) is 1.76. The summed E-state index contributed by atoms with van der Waals surface area (Å²) in [4.78, 5) is 6.84. The van der Waals surface area contributed by atoms with Crippen LogP contribution in [0.3, 0.4) is 0 Å². The van der Waals surface area contributed by atoms with E-state index in [-0.39, 0.29) is 5.41 Å². The molecule has 6 nitrogen and oxygen atoms in total. The lowest BCUT2D eigenvalue weighted by Crippen LogP contribution is -2.46. The first kappa shape index (κ1) is 19.7. The molecule has 1 saturated carbocycles. The van der Waals surface area contributed by atoms with Crippen molar-refractivity contribution >= 4 is 5.71 Å². The first-order valence-electron chi connectivity index (χ1n) is 10.3. The van der Waals surface area contributed by atoms with Crippen molar-refractivity contribution in [3.63, 3.8) is 0 Å². The SMILES string of the molecule is COc1ccc(C23CC/C(=N/NCc4ccccn4)CC2N(C)CC3)cc1OC. The van der Waals surface area contributed by atoms with Crippen molar-refractivity contribution in [2.75, 3.05) is 27.8 Å². The Balaban J connectivity index is 1.52. The van der Waals surface area contributed by atoms with Crippen molar-refractivity contribution in [3.8, 4) is 11.5 Å². The molecule has 2 atom stereocenters. The van der Waals surface area contributed by atoms with E-state index in [1.165, 1.54) is 11.3 Å². The molecule has 0 bridgehead atoms. The van der Waals surface area contributed by atoms with E-state index in [4.69, 9.17) is 14.6 Å². The largest absolute Gasteiger partial charge is 0.493 e. The zero-order valence-corrected chi connectivity index (χ0v) is 17.5. The van der Waals surface area contributed by atoms with Gasteiger partial charge >= 0.3 is 0 Å². The minimum absolute atomic E-state index is 0.147. The topological polar surface area (TPSA) is 59.0 Å². The molecule has 1 aromatic carbocycles. The molecule has 2 unspecified atom stereocenters. The van der Waals surface area contributed by atoms with Crippen LogP contribution in [-0.4, -0.2) is 49.4 Å². The highest BCUT2D eigenvalue weighted by molar-refractivity contribution is 5.86. The van der Waals surface area contributed by atoms with Gasteiger partial charge in [-0.25, -0.2) is 0 Å². The summed E-state index contributed by atoms with van der Waals surface area (Å²) in [7, 11) is 5.62.